The molecule has 1 aliphatic heterocycles. The summed E-state index contributed by atoms with van der Waals surface area (Å²) < 4.78 is 1.09. The van der Waals surface area contributed by atoms with E-state index in [0.717, 1.165) is 40.3 Å². The van der Waals surface area contributed by atoms with E-state index in [-0.39, 0.29) is 11.9 Å². The van der Waals surface area contributed by atoms with Crippen LogP contribution in [0.3, 0.4) is 0 Å². The van der Waals surface area contributed by atoms with Gasteiger partial charge in [0.05, 0.1) is 39.9 Å². The number of nitrogens with one attached hydrogen (secondary N) is 1. The average molecular weight is 481 g/mol. The maximum atomic E-state index is 13.8. The molecule has 1 amide bonds. The van der Waals surface area contributed by atoms with Crippen LogP contribution in [0.1, 0.15) is 35.7 Å². The number of aromatic nitrogens is 4. The second-order valence-corrected chi connectivity index (χ2v) is 10.0. The number of fused-ring (bicyclic) bond motifs is 1. The number of benzene rings is 2. The molecule has 7 nitrogen and oxygen atoms in total. The van der Waals surface area contributed by atoms with Crippen LogP contribution in [0.5, 0.6) is 0 Å². The minimum Gasteiger partial charge on any atom is -0.359 e. The van der Waals surface area contributed by atoms with Crippen LogP contribution in [-0.4, -0.2) is 49.9 Å². The van der Waals surface area contributed by atoms with Gasteiger partial charge in [-0.3, -0.25) is 4.79 Å². The molecule has 0 saturated carbocycles. The minimum atomic E-state index is 0.0143. The molecule has 5 rings (SSSR count). The van der Waals surface area contributed by atoms with Crippen molar-refractivity contribution in [2.45, 2.75) is 32.7 Å². The van der Waals surface area contributed by atoms with Crippen LogP contribution < -0.4 is 5.32 Å². The van der Waals surface area contributed by atoms with Gasteiger partial charge in [0.1, 0.15) is 0 Å². The fourth-order valence-corrected chi connectivity index (χ4v) is 5.49. The van der Waals surface area contributed by atoms with Crippen LogP contribution in [0.15, 0.2) is 48.8 Å². The van der Waals surface area contributed by atoms with E-state index in [2.05, 4.69) is 27.4 Å². The SMILES string of the molecule is Cc1ccc(-n2nccn2)c(C(=O)N2CCCC(C)C2CNc2nc3cc(Cl)ccc3s2)c1. The Kier molecular flexibility index (Phi) is 6.03. The molecule has 33 heavy (non-hydrogen) atoms. The average Bonchev–Trinajstić information content (AvgIpc) is 3.47. The van der Waals surface area contributed by atoms with Gasteiger partial charge in [0.15, 0.2) is 5.13 Å². The third-order valence-electron chi connectivity index (χ3n) is 6.21. The number of carbonyl (C=O) groups is 1. The van der Waals surface area contributed by atoms with Crippen molar-refractivity contribution < 1.29 is 4.79 Å². The number of anilines is 1. The van der Waals surface area contributed by atoms with Gasteiger partial charge in [-0.05, 0) is 56.0 Å². The molecule has 1 saturated heterocycles. The van der Waals surface area contributed by atoms with Crippen molar-refractivity contribution in [2.75, 3.05) is 18.4 Å². The number of likely N-dealkylation sites (tertiary alicyclic amines) is 1. The third kappa shape index (κ3) is 4.45. The number of hydrogen-bond donors (Lipinski definition) is 1. The highest BCUT2D eigenvalue weighted by atomic mass is 35.5. The lowest BCUT2D eigenvalue weighted by Crippen LogP contribution is -2.51. The number of nitrogens with zero attached hydrogens (tertiary/aromatic N) is 5. The van der Waals surface area contributed by atoms with Crippen molar-refractivity contribution >= 4 is 44.2 Å². The van der Waals surface area contributed by atoms with E-state index >= 15 is 0 Å². The van der Waals surface area contributed by atoms with Crippen molar-refractivity contribution in [3.05, 3.63) is 64.9 Å². The van der Waals surface area contributed by atoms with Crippen LogP contribution in [0.2, 0.25) is 5.02 Å². The monoisotopic (exact) mass is 480 g/mol. The van der Waals surface area contributed by atoms with Gasteiger partial charge in [-0.15, -0.1) is 0 Å². The zero-order valence-corrected chi connectivity index (χ0v) is 20.1. The molecular formula is C24H25ClN6OS. The van der Waals surface area contributed by atoms with Crippen molar-refractivity contribution in [1.82, 2.24) is 24.9 Å². The van der Waals surface area contributed by atoms with Gasteiger partial charge in [0.2, 0.25) is 0 Å². The summed E-state index contributed by atoms with van der Waals surface area (Å²) >= 11 is 7.71. The summed E-state index contributed by atoms with van der Waals surface area (Å²) in [5.74, 6) is 0.385. The van der Waals surface area contributed by atoms with E-state index in [1.54, 1.807) is 23.7 Å². The Labute approximate surface area is 201 Å². The highest BCUT2D eigenvalue weighted by Gasteiger charge is 2.33. The standard InChI is InChI=1S/C24H25ClN6OS/c1-15-5-7-20(31-27-9-10-28-31)18(12-15)23(32)30-11-3-4-16(2)21(30)14-26-24-29-19-13-17(25)6-8-22(19)33-24/h5-10,12-13,16,21H,3-4,11,14H2,1-2H3,(H,26,29). The lowest BCUT2D eigenvalue weighted by atomic mass is 9.90. The van der Waals surface area contributed by atoms with Gasteiger partial charge in [0, 0.05) is 18.1 Å². The number of amides is 1. The summed E-state index contributed by atoms with van der Waals surface area (Å²) in [4.78, 5) is 22.0. The molecule has 4 aromatic rings. The number of piperidine rings is 1. The van der Waals surface area contributed by atoms with Crippen molar-refractivity contribution in [1.29, 1.82) is 0 Å². The minimum absolute atomic E-state index is 0.0143. The maximum Gasteiger partial charge on any atom is 0.256 e. The van der Waals surface area contributed by atoms with Crippen LogP contribution in [0.25, 0.3) is 15.9 Å². The van der Waals surface area contributed by atoms with E-state index in [9.17, 15) is 4.79 Å². The molecule has 9 heteroatoms. The van der Waals surface area contributed by atoms with Gasteiger partial charge < -0.3 is 10.2 Å². The Morgan fingerprint density at radius 3 is 2.85 bits per heavy atom. The molecule has 1 aliphatic rings. The lowest BCUT2D eigenvalue weighted by Gasteiger charge is -2.40. The zero-order chi connectivity index (χ0) is 22.9. The summed E-state index contributed by atoms with van der Waals surface area (Å²) in [6.45, 7) is 5.58. The predicted octanol–water partition coefficient (Wildman–Crippen LogP) is 5.19. The van der Waals surface area contributed by atoms with Crippen molar-refractivity contribution in [2.24, 2.45) is 5.92 Å². The molecule has 2 aromatic carbocycles. The summed E-state index contributed by atoms with van der Waals surface area (Å²) in [6.07, 6.45) is 5.32. The number of aryl methyl sites for hydroxylation is 1. The molecule has 0 aliphatic carbocycles. The first-order chi connectivity index (χ1) is 16.0. The fraction of sp³-hybridized carbons (Fsp3) is 0.333. The first-order valence-corrected chi connectivity index (χ1v) is 12.3. The summed E-state index contributed by atoms with van der Waals surface area (Å²) in [5, 5.41) is 13.5. The molecule has 0 bridgehead atoms. The van der Waals surface area contributed by atoms with E-state index in [1.165, 1.54) is 4.80 Å². The summed E-state index contributed by atoms with van der Waals surface area (Å²) in [7, 11) is 0. The topological polar surface area (TPSA) is 75.9 Å². The zero-order valence-electron chi connectivity index (χ0n) is 18.5. The predicted molar refractivity (Wildman–Crippen MR) is 132 cm³/mol. The van der Waals surface area contributed by atoms with Gasteiger partial charge in [-0.25, -0.2) is 4.98 Å². The highest BCUT2D eigenvalue weighted by molar-refractivity contribution is 7.22. The van der Waals surface area contributed by atoms with Crippen LogP contribution >= 0.6 is 22.9 Å². The summed E-state index contributed by atoms with van der Waals surface area (Å²) in [5.41, 5.74) is 3.24. The fourth-order valence-electron chi connectivity index (χ4n) is 4.47. The molecule has 2 unspecified atom stereocenters. The molecule has 1 fully saturated rings. The number of hydrogen-bond acceptors (Lipinski definition) is 6. The molecule has 2 aromatic heterocycles. The van der Waals surface area contributed by atoms with Crippen molar-refractivity contribution in [3.63, 3.8) is 0 Å². The maximum absolute atomic E-state index is 13.8. The molecule has 0 radical (unpaired) electrons. The molecule has 2 atom stereocenters. The first kappa shape index (κ1) is 21.9. The van der Waals surface area contributed by atoms with E-state index < -0.39 is 0 Å². The van der Waals surface area contributed by atoms with E-state index in [4.69, 9.17) is 11.6 Å². The van der Waals surface area contributed by atoms with E-state index in [0.29, 0.717) is 28.7 Å². The molecule has 3 heterocycles. The third-order valence-corrected chi connectivity index (χ3v) is 7.43. The van der Waals surface area contributed by atoms with Gasteiger partial charge in [0.25, 0.3) is 5.91 Å². The number of halogens is 1. The molecular weight excluding hydrogens is 456 g/mol. The first-order valence-electron chi connectivity index (χ1n) is 11.1. The van der Waals surface area contributed by atoms with Crippen molar-refractivity contribution in [3.8, 4) is 5.69 Å². The smallest absolute Gasteiger partial charge is 0.256 e. The Hall–Kier alpha value is -2.97. The highest BCUT2D eigenvalue weighted by Crippen LogP contribution is 2.30. The van der Waals surface area contributed by atoms with E-state index in [1.807, 2.05) is 48.2 Å². The lowest BCUT2D eigenvalue weighted by molar-refractivity contribution is 0.0539. The number of rotatable bonds is 5. The number of carbonyl (C=O) groups excluding carboxylic acids is 1. The molecule has 0 spiro atoms. The Bertz CT molecular complexity index is 1290. The number of thiazole rings is 1. The normalized spacial score (nSPS) is 18.6. The van der Waals surface area contributed by atoms with Crippen LogP contribution in [0, 0.1) is 12.8 Å². The van der Waals surface area contributed by atoms with Gasteiger partial charge >= 0.3 is 0 Å². The quantitative estimate of drug-likeness (QED) is 0.425. The molecule has 170 valence electrons. The Morgan fingerprint density at radius 2 is 2.03 bits per heavy atom. The summed E-state index contributed by atoms with van der Waals surface area (Å²) in [6, 6.07) is 11.6. The van der Waals surface area contributed by atoms with Gasteiger partial charge in [-0.1, -0.05) is 41.5 Å². The second-order valence-electron chi connectivity index (χ2n) is 8.54. The molecule has 1 N–H and O–H groups in total. The Morgan fingerprint density at radius 1 is 1.21 bits per heavy atom. The van der Waals surface area contributed by atoms with Crippen LogP contribution in [0.4, 0.5) is 5.13 Å². The largest absolute Gasteiger partial charge is 0.359 e. The van der Waals surface area contributed by atoms with Gasteiger partial charge in [-0.2, -0.15) is 15.0 Å². The Balaban J connectivity index is 1.40. The van der Waals surface area contributed by atoms with Crippen LogP contribution in [-0.2, 0) is 0 Å². The second kappa shape index (κ2) is 9.11.